The fourth-order valence-corrected chi connectivity index (χ4v) is 2.90. The number of halogens is 2. The van der Waals surface area contributed by atoms with E-state index in [1.165, 1.54) is 31.3 Å². The van der Waals surface area contributed by atoms with Crippen LogP contribution in [0.15, 0.2) is 30.3 Å². The zero-order valence-corrected chi connectivity index (χ0v) is 15.8. The Labute approximate surface area is 158 Å². The second-order valence-corrected chi connectivity index (χ2v) is 5.92. The summed E-state index contributed by atoms with van der Waals surface area (Å²) in [5.41, 5.74) is 0.954. The topological polar surface area (TPSA) is 57.2 Å². The molecule has 0 spiro atoms. The van der Waals surface area contributed by atoms with Crippen molar-refractivity contribution in [2.45, 2.75) is 0 Å². The minimum absolute atomic E-state index is 0.0238. The summed E-state index contributed by atoms with van der Waals surface area (Å²) >= 11 is 3.19. The van der Waals surface area contributed by atoms with Crippen LogP contribution >= 0.6 is 15.9 Å². The molecule has 0 aromatic heterocycles. The number of anilines is 2. The summed E-state index contributed by atoms with van der Waals surface area (Å²) < 4.78 is 35.5. The number of nitrogens with zero attached hydrogens (tertiary/aromatic N) is 1. The molecule has 0 aliphatic carbocycles. The Morgan fingerprint density at radius 1 is 1.08 bits per heavy atom. The molecule has 0 radical (unpaired) electrons. The van der Waals surface area contributed by atoms with Gasteiger partial charge >= 0.3 is 0 Å². The summed E-state index contributed by atoms with van der Waals surface area (Å²) in [7, 11) is 2.70. The van der Waals surface area contributed by atoms with Crippen LogP contribution in [-0.4, -0.2) is 38.7 Å². The molecule has 0 N–H and O–H groups in total. The molecule has 8 heteroatoms. The third kappa shape index (κ3) is 3.41. The van der Waals surface area contributed by atoms with E-state index in [9.17, 15) is 9.18 Å². The molecule has 0 fully saturated rings. The van der Waals surface area contributed by atoms with Crippen LogP contribution in [-0.2, 0) is 4.79 Å². The summed E-state index contributed by atoms with van der Waals surface area (Å²) in [6.45, 7) is 0.907. The first-order valence-electron chi connectivity index (χ1n) is 7.79. The third-order valence-corrected chi connectivity index (χ3v) is 4.32. The number of methoxy groups -OCH3 is 2. The first kappa shape index (κ1) is 18.3. The van der Waals surface area contributed by atoms with Crippen molar-refractivity contribution in [1.29, 1.82) is 0 Å². The van der Waals surface area contributed by atoms with Crippen molar-refractivity contribution in [1.82, 2.24) is 0 Å². The van der Waals surface area contributed by atoms with Gasteiger partial charge in [-0.15, -0.1) is 0 Å². The lowest BCUT2D eigenvalue weighted by atomic mass is 10.2. The molecule has 0 bridgehead atoms. The first-order chi connectivity index (χ1) is 12.6. The molecule has 26 heavy (non-hydrogen) atoms. The van der Waals surface area contributed by atoms with Gasteiger partial charge < -0.3 is 18.9 Å². The molecule has 1 amide bonds. The van der Waals surface area contributed by atoms with E-state index in [-0.39, 0.29) is 22.7 Å². The zero-order valence-electron chi connectivity index (χ0n) is 14.3. The third-order valence-electron chi connectivity index (χ3n) is 3.84. The van der Waals surface area contributed by atoms with E-state index in [1.54, 1.807) is 18.2 Å². The minimum atomic E-state index is -0.632. The average Bonchev–Trinajstić information content (AvgIpc) is 2.68. The molecule has 0 saturated heterocycles. The predicted octanol–water partition coefficient (Wildman–Crippen LogP) is 3.67. The number of amides is 1. The second-order valence-electron chi connectivity index (χ2n) is 5.36. The largest absolute Gasteiger partial charge is 0.493 e. The number of carbonyl (C=O) groups is 1. The normalized spacial score (nSPS) is 12.5. The molecule has 0 atom stereocenters. The Kier molecular flexibility index (Phi) is 5.51. The number of rotatable bonds is 5. The summed E-state index contributed by atoms with van der Waals surface area (Å²) in [6, 6.07) is 8.05. The van der Waals surface area contributed by atoms with Crippen molar-refractivity contribution in [3.05, 3.63) is 36.1 Å². The van der Waals surface area contributed by atoms with E-state index in [1.807, 2.05) is 0 Å². The van der Waals surface area contributed by atoms with E-state index < -0.39 is 5.82 Å². The Bertz CT molecular complexity index is 804. The van der Waals surface area contributed by atoms with Crippen molar-refractivity contribution in [3.63, 3.8) is 0 Å². The summed E-state index contributed by atoms with van der Waals surface area (Å²) in [4.78, 5) is 14.0. The molecule has 1 aliphatic heterocycles. The lowest BCUT2D eigenvalue weighted by molar-refractivity contribution is -0.115. The molecule has 2 aromatic carbocycles. The van der Waals surface area contributed by atoms with Gasteiger partial charge in [0.1, 0.15) is 13.2 Å². The fraction of sp³-hybridized carbons (Fsp3) is 0.278. The zero-order chi connectivity index (χ0) is 18.7. The van der Waals surface area contributed by atoms with Crippen molar-refractivity contribution in [2.24, 2.45) is 0 Å². The second kappa shape index (κ2) is 7.82. The Morgan fingerprint density at radius 3 is 2.27 bits per heavy atom. The van der Waals surface area contributed by atoms with Gasteiger partial charge in [-0.1, -0.05) is 15.9 Å². The molecular weight excluding hydrogens is 409 g/mol. The molecule has 0 unspecified atom stereocenters. The van der Waals surface area contributed by atoms with Gasteiger partial charge in [0.2, 0.25) is 11.7 Å². The molecular formula is C18H17BrFNO5. The van der Waals surface area contributed by atoms with E-state index >= 15 is 0 Å². The highest BCUT2D eigenvalue weighted by Crippen LogP contribution is 2.39. The van der Waals surface area contributed by atoms with E-state index in [2.05, 4.69) is 15.9 Å². The van der Waals surface area contributed by atoms with Crippen LogP contribution in [0.2, 0.25) is 0 Å². The molecule has 6 nitrogen and oxygen atoms in total. The molecule has 3 rings (SSSR count). The number of alkyl halides is 1. The SMILES string of the molecule is COc1cc(N(C(=O)CBr)c2ccc3c(c2)OCCO3)cc(OC)c1F. The number of benzene rings is 2. The maximum atomic E-state index is 14.2. The lowest BCUT2D eigenvalue weighted by Gasteiger charge is -2.26. The van der Waals surface area contributed by atoms with Crippen molar-refractivity contribution < 1.29 is 28.1 Å². The maximum absolute atomic E-state index is 14.2. The van der Waals surface area contributed by atoms with Gasteiger partial charge in [-0.2, -0.15) is 4.39 Å². The van der Waals surface area contributed by atoms with Crippen LogP contribution in [0.4, 0.5) is 15.8 Å². The first-order valence-corrected chi connectivity index (χ1v) is 8.91. The fourth-order valence-electron chi connectivity index (χ4n) is 2.65. The number of fused-ring (bicyclic) bond motifs is 1. The highest BCUT2D eigenvalue weighted by Gasteiger charge is 2.23. The molecule has 0 saturated carbocycles. The summed E-state index contributed by atoms with van der Waals surface area (Å²) in [6.07, 6.45) is 0. The number of ether oxygens (including phenoxy) is 4. The van der Waals surface area contributed by atoms with Crippen LogP contribution in [0, 0.1) is 5.82 Å². The standard InChI is InChI=1S/C18H17BrFNO5/c1-23-15-8-12(9-16(24-2)18(15)20)21(17(22)10-19)11-3-4-13-14(7-11)26-6-5-25-13/h3-4,7-9H,5-6,10H2,1-2H3. The monoisotopic (exact) mass is 425 g/mol. The van der Waals surface area contributed by atoms with Gasteiger partial charge in [-0.3, -0.25) is 9.69 Å². The van der Waals surface area contributed by atoms with Crippen LogP contribution in [0.3, 0.4) is 0 Å². The van der Waals surface area contributed by atoms with Gasteiger partial charge in [0, 0.05) is 18.2 Å². The van der Waals surface area contributed by atoms with Crippen LogP contribution < -0.4 is 23.8 Å². The van der Waals surface area contributed by atoms with Gasteiger partial charge in [-0.05, 0) is 12.1 Å². The van der Waals surface area contributed by atoms with Gasteiger partial charge in [0.25, 0.3) is 0 Å². The van der Waals surface area contributed by atoms with Crippen LogP contribution in [0.5, 0.6) is 23.0 Å². The summed E-state index contributed by atoms with van der Waals surface area (Å²) in [5.74, 6) is 0.223. The Hall–Kier alpha value is -2.48. The minimum Gasteiger partial charge on any atom is -0.493 e. The Balaban J connectivity index is 2.11. The maximum Gasteiger partial charge on any atom is 0.242 e. The molecule has 2 aromatic rings. The predicted molar refractivity (Wildman–Crippen MR) is 97.9 cm³/mol. The molecule has 1 heterocycles. The lowest BCUT2D eigenvalue weighted by Crippen LogP contribution is -2.27. The van der Waals surface area contributed by atoms with Crippen molar-refractivity contribution in [3.8, 4) is 23.0 Å². The highest BCUT2D eigenvalue weighted by atomic mass is 79.9. The number of hydrogen-bond donors (Lipinski definition) is 0. The number of hydrogen-bond acceptors (Lipinski definition) is 5. The quantitative estimate of drug-likeness (QED) is 0.683. The smallest absolute Gasteiger partial charge is 0.242 e. The van der Waals surface area contributed by atoms with Gasteiger partial charge in [-0.25, -0.2) is 0 Å². The highest BCUT2D eigenvalue weighted by molar-refractivity contribution is 9.09. The van der Waals surface area contributed by atoms with Crippen molar-refractivity contribution in [2.75, 3.05) is 37.7 Å². The van der Waals surface area contributed by atoms with Gasteiger partial charge in [0.05, 0.1) is 30.9 Å². The van der Waals surface area contributed by atoms with E-state index in [4.69, 9.17) is 18.9 Å². The van der Waals surface area contributed by atoms with Gasteiger partial charge in [0.15, 0.2) is 23.0 Å². The van der Waals surface area contributed by atoms with E-state index in [0.29, 0.717) is 36.1 Å². The Morgan fingerprint density at radius 2 is 1.69 bits per heavy atom. The molecule has 1 aliphatic rings. The number of carbonyl (C=O) groups excluding carboxylic acids is 1. The van der Waals surface area contributed by atoms with Crippen molar-refractivity contribution >= 4 is 33.2 Å². The van der Waals surface area contributed by atoms with Crippen LogP contribution in [0.1, 0.15) is 0 Å². The van der Waals surface area contributed by atoms with E-state index in [0.717, 1.165) is 0 Å². The van der Waals surface area contributed by atoms with Crippen LogP contribution in [0.25, 0.3) is 0 Å². The summed E-state index contributed by atoms with van der Waals surface area (Å²) in [5, 5.41) is 0.0729. The molecule has 138 valence electrons. The average molecular weight is 426 g/mol.